The number of hydrogen-bond donors (Lipinski definition) is 3. The van der Waals surface area contributed by atoms with E-state index in [9.17, 15) is 9.90 Å². The zero-order valence-electron chi connectivity index (χ0n) is 10.1. The number of hydrogen-bond acceptors (Lipinski definition) is 4. The van der Waals surface area contributed by atoms with Gasteiger partial charge in [0, 0.05) is 6.07 Å². The normalized spacial score (nSPS) is 12.1. The molecule has 5 nitrogen and oxygen atoms in total. The van der Waals surface area contributed by atoms with Gasteiger partial charge in [0.05, 0.1) is 12.6 Å². The van der Waals surface area contributed by atoms with Crippen molar-refractivity contribution in [3.63, 3.8) is 0 Å². The summed E-state index contributed by atoms with van der Waals surface area (Å²) in [6.45, 7) is 1.64. The Morgan fingerprint density at radius 1 is 1.39 bits per heavy atom. The first-order chi connectivity index (χ1) is 8.69. The fraction of sp³-hybridized carbons (Fsp3) is 0.231. The smallest absolute Gasteiger partial charge is 0.252 e. The number of nitrogens with one attached hydrogen (secondary N) is 2. The van der Waals surface area contributed by atoms with Gasteiger partial charge in [0.15, 0.2) is 0 Å². The van der Waals surface area contributed by atoms with Gasteiger partial charge in [-0.1, -0.05) is 30.3 Å². The lowest BCUT2D eigenvalue weighted by molar-refractivity contribution is 0.276. The highest BCUT2D eigenvalue weighted by Crippen LogP contribution is 2.16. The maximum atomic E-state index is 11.3. The number of nitrogens with zero attached hydrogens (tertiary/aromatic N) is 1. The van der Waals surface area contributed by atoms with Gasteiger partial charge in [-0.25, -0.2) is 4.98 Å². The van der Waals surface area contributed by atoms with E-state index >= 15 is 0 Å². The van der Waals surface area contributed by atoms with Gasteiger partial charge in [0.25, 0.3) is 5.56 Å². The van der Waals surface area contributed by atoms with Gasteiger partial charge in [-0.15, -0.1) is 0 Å². The zero-order chi connectivity index (χ0) is 13.0. The van der Waals surface area contributed by atoms with Crippen LogP contribution in [0.25, 0.3) is 0 Å². The molecule has 2 rings (SSSR count). The number of aromatic nitrogens is 2. The molecular formula is C13H15N3O2. The van der Waals surface area contributed by atoms with Gasteiger partial charge in [0.2, 0.25) is 0 Å². The zero-order valence-corrected chi connectivity index (χ0v) is 10.1. The number of aryl methyl sites for hydroxylation is 1. The highest BCUT2D eigenvalue weighted by molar-refractivity contribution is 5.37. The lowest BCUT2D eigenvalue weighted by Crippen LogP contribution is -2.18. The van der Waals surface area contributed by atoms with Crippen LogP contribution in [0.15, 0.2) is 41.2 Å². The summed E-state index contributed by atoms with van der Waals surface area (Å²) in [6, 6.07) is 10.6. The minimum absolute atomic E-state index is 0.0719. The Balaban J connectivity index is 2.23. The Bertz CT molecular complexity index is 566. The van der Waals surface area contributed by atoms with Gasteiger partial charge in [-0.05, 0) is 12.5 Å². The summed E-state index contributed by atoms with van der Waals surface area (Å²) < 4.78 is 0. The Kier molecular flexibility index (Phi) is 3.74. The number of benzene rings is 1. The number of H-pyrrole nitrogens is 1. The van der Waals surface area contributed by atoms with E-state index in [2.05, 4.69) is 15.3 Å². The van der Waals surface area contributed by atoms with Crippen molar-refractivity contribution in [3.05, 3.63) is 58.1 Å². The van der Waals surface area contributed by atoms with Crippen LogP contribution in [-0.4, -0.2) is 21.7 Å². The molecule has 5 heteroatoms. The van der Waals surface area contributed by atoms with Crippen LogP contribution in [0.3, 0.4) is 0 Å². The van der Waals surface area contributed by atoms with E-state index < -0.39 is 0 Å². The Morgan fingerprint density at radius 3 is 2.72 bits per heavy atom. The van der Waals surface area contributed by atoms with E-state index in [4.69, 9.17) is 0 Å². The molecule has 18 heavy (non-hydrogen) atoms. The van der Waals surface area contributed by atoms with Crippen LogP contribution in [0.4, 0.5) is 5.82 Å². The quantitative estimate of drug-likeness (QED) is 0.757. The van der Waals surface area contributed by atoms with Crippen molar-refractivity contribution in [1.29, 1.82) is 0 Å². The fourth-order valence-electron chi connectivity index (χ4n) is 1.75. The van der Waals surface area contributed by atoms with E-state index in [1.165, 1.54) is 6.07 Å². The molecular weight excluding hydrogens is 230 g/mol. The van der Waals surface area contributed by atoms with Crippen LogP contribution in [0.2, 0.25) is 0 Å². The summed E-state index contributed by atoms with van der Waals surface area (Å²) in [6.07, 6.45) is 0. The first kappa shape index (κ1) is 12.3. The molecule has 0 bridgehead atoms. The SMILES string of the molecule is Cc1nc(NC(CO)c2ccccc2)cc(=O)[nH]1. The molecule has 0 saturated carbocycles. The average Bonchev–Trinajstić information content (AvgIpc) is 2.36. The van der Waals surface area contributed by atoms with E-state index in [0.29, 0.717) is 11.6 Å². The number of aliphatic hydroxyl groups excluding tert-OH is 1. The van der Waals surface area contributed by atoms with Gasteiger partial charge in [0.1, 0.15) is 11.6 Å². The maximum Gasteiger partial charge on any atom is 0.252 e. The molecule has 0 saturated heterocycles. The molecule has 1 atom stereocenters. The third-order valence-electron chi connectivity index (χ3n) is 2.57. The van der Waals surface area contributed by atoms with E-state index in [1.807, 2.05) is 30.3 Å². The van der Waals surface area contributed by atoms with E-state index in [0.717, 1.165) is 5.56 Å². The second-order valence-corrected chi connectivity index (χ2v) is 4.01. The largest absolute Gasteiger partial charge is 0.394 e. The topological polar surface area (TPSA) is 78.0 Å². The van der Waals surface area contributed by atoms with Crippen molar-refractivity contribution < 1.29 is 5.11 Å². The van der Waals surface area contributed by atoms with Crippen LogP contribution < -0.4 is 10.9 Å². The standard InChI is InChI=1S/C13H15N3O2/c1-9-14-12(7-13(18)15-9)16-11(8-17)10-5-3-2-4-6-10/h2-7,11,17H,8H2,1H3,(H2,14,15,16,18). The summed E-state index contributed by atoms with van der Waals surface area (Å²) in [7, 11) is 0. The molecule has 0 fully saturated rings. The van der Waals surface area contributed by atoms with Crippen LogP contribution >= 0.6 is 0 Å². The van der Waals surface area contributed by atoms with E-state index in [-0.39, 0.29) is 18.2 Å². The summed E-state index contributed by atoms with van der Waals surface area (Å²) in [5.74, 6) is 0.994. The summed E-state index contributed by atoms with van der Waals surface area (Å²) in [5.41, 5.74) is 0.731. The minimum Gasteiger partial charge on any atom is -0.394 e. The molecule has 1 heterocycles. The van der Waals surface area contributed by atoms with Crippen molar-refractivity contribution >= 4 is 5.82 Å². The molecule has 0 aliphatic carbocycles. The fourth-order valence-corrected chi connectivity index (χ4v) is 1.75. The van der Waals surface area contributed by atoms with Crippen LogP contribution in [0.1, 0.15) is 17.4 Å². The van der Waals surface area contributed by atoms with Crippen LogP contribution in [0.5, 0.6) is 0 Å². The Labute approximate surface area is 105 Å². The number of aromatic amines is 1. The number of anilines is 1. The molecule has 94 valence electrons. The van der Waals surface area contributed by atoms with Crippen LogP contribution in [0, 0.1) is 6.92 Å². The second kappa shape index (κ2) is 5.46. The third-order valence-corrected chi connectivity index (χ3v) is 2.57. The van der Waals surface area contributed by atoms with E-state index in [1.54, 1.807) is 6.92 Å². The Hall–Kier alpha value is -2.14. The molecule has 0 amide bonds. The first-order valence-electron chi connectivity index (χ1n) is 5.69. The highest BCUT2D eigenvalue weighted by Gasteiger charge is 2.10. The summed E-state index contributed by atoms with van der Waals surface area (Å²) in [4.78, 5) is 18.1. The van der Waals surface area contributed by atoms with Gasteiger partial charge in [-0.2, -0.15) is 0 Å². The molecule has 0 aliphatic rings. The lowest BCUT2D eigenvalue weighted by Gasteiger charge is -2.17. The number of aliphatic hydroxyl groups is 1. The van der Waals surface area contributed by atoms with Gasteiger partial charge in [-0.3, -0.25) is 4.79 Å². The molecule has 0 aliphatic heterocycles. The monoisotopic (exact) mass is 245 g/mol. The first-order valence-corrected chi connectivity index (χ1v) is 5.69. The summed E-state index contributed by atoms with van der Waals surface area (Å²) >= 11 is 0. The van der Waals surface area contributed by atoms with Crippen molar-refractivity contribution in [2.24, 2.45) is 0 Å². The van der Waals surface area contributed by atoms with Crippen molar-refractivity contribution in [2.75, 3.05) is 11.9 Å². The predicted molar refractivity (Wildman–Crippen MR) is 69.5 cm³/mol. The molecule has 1 unspecified atom stereocenters. The maximum absolute atomic E-state index is 11.3. The van der Waals surface area contributed by atoms with Gasteiger partial charge < -0.3 is 15.4 Å². The molecule has 0 radical (unpaired) electrons. The van der Waals surface area contributed by atoms with Crippen molar-refractivity contribution in [2.45, 2.75) is 13.0 Å². The minimum atomic E-state index is -0.278. The average molecular weight is 245 g/mol. The molecule has 0 spiro atoms. The lowest BCUT2D eigenvalue weighted by atomic mass is 10.1. The molecule has 3 N–H and O–H groups in total. The van der Waals surface area contributed by atoms with Crippen molar-refractivity contribution in [1.82, 2.24) is 9.97 Å². The van der Waals surface area contributed by atoms with Gasteiger partial charge >= 0.3 is 0 Å². The van der Waals surface area contributed by atoms with Crippen LogP contribution in [-0.2, 0) is 0 Å². The third kappa shape index (κ3) is 2.95. The highest BCUT2D eigenvalue weighted by atomic mass is 16.3. The molecule has 1 aromatic heterocycles. The molecule has 1 aromatic carbocycles. The predicted octanol–water partition coefficient (Wildman–Crippen LogP) is 1.22. The molecule has 2 aromatic rings. The Morgan fingerprint density at radius 2 is 2.11 bits per heavy atom. The van der Waals surface area contributed by atoms with Crippen molar-refractivity contribution in [3.8, 4) is 0 Å². The number of rotatable bonds is 4. The second-order valence-electron chi connectivity index (χ2n) is 4.01. The summed E-state index contributed by atoms with van der Waals surface area (Å²) in [5, 5.41) is 12.4.